The number of aromatic nitrogens is 1. The Hall–Kier alpha value is -0.840. The minimum absolute atomic E-state index is 0.282. The van der Waals surface area contributed by atoms with Crippen LogP contribution in [0, 0.1) is 6.92 Å². The topological polar surface area (TPSA) is 79.4 Å². The Morgan fingerprint density at radius 3 is 2.73 bits per heavy atom. The first kappa shape index (κ1) is 12.2. The Morgan fingerprint density at radius 1 is 1.47 bits per heavy atom. The van der Waals surface area contributed by atoms with Gasteiger partial charge in [0.05, 0.1) is 17.5 Å². The molecule has 0 aliphatic carbocycles. The fourth-order valence-electron chi connectivity index (χ4n) is 1.28. The molecule has 0 radical (unpaired) electrons. The first-order chi connectivity index (χ1) is 7.06. The monoisotopic (exact) mass is 230 g/mol. The highest BCUT2D eigenvalue weighted by atomic mass is 35.5. The number of rotatable bonds is 4. The van der Waals surface area contributed by atoms with Crippen LogP contribution in [0.4, 0.5) is 5.69 Å². The molecule has 2 unspecified atom stereocenters. The number of pyridine rings is 1. The van der Waals surface area contributed by atoms with E-state index < -0.39 is 12.2 Å². The van der Waals surface area contributed by atoms with Crippen LogP contribution in [-0.2, 0) is 0 Å². The Kier molecular flexibility index (Phi) is 4.32. The number of halogens is 1. The molecule has 0 saturated heterocycles. The molecule has 2 atom stereocenters. The average Bonchev–Trinajstić information content (AvgIpc) is 2.21. The lowest BCUT2D eigenvalue weighted by atomic mass is 10.1. The van der Waals surface area contributed by atoms with Gasteiger partial charge in [0, 0.05) is 11.6 Å². The molecule has 1 rings (SSSR count). The molecule has 0 fully saturated rings. The highest BCUT2D eigenvalue weighted by Crippen LogP contribution is 2.23. The summed E-state index contributed by atoms with van der Waals surface area (Å²) in [5.74, 6) is 0.282. The van der Waals surface area contributed by atoms with E-state index in [0.717, 1.165) is 5.69 Å². The zero-order valence-electron chi connectivity index (χ0n) is 8.52. The summed E-state index contributed by atoms with van der Waals surface area (Å²) in [4.78, 5) is 4.10. The summed E-state index contributed by atoms with van der Waals surface area (Å²) in [6.45, 7) is 1.80. The Balaban J connectivity index is 2.89. The number of alkyl halides is 1. The smallest absolute Gasteiger partial charge is 0.124 e. The third-order valence-electron chi connectivity index (χ3n) is 2.15. The van der Waals surface area contributed by atoms with Gasteiger partial charge in [-0.05, 0) is 25.5 Å². The summed E-state index contributed by atoms with van der Waals surface area (Å²) in [6.07, 6.45) is -1.71. The van der Waals surface area contributed by atoms with Gasteiger partial charge < -0.3 is 15.9 Å². The van der Waals surface area contributed by atoms with Gasteiger partial charge in [-0.25, -0.2) is 0 Å². The second-order valence-electron chi connectivity index (χ2n) is 3.42. The maximum absolute atomic E-state index is 9.77. The molecular formula is C10H15ClN2O2. The van der Waals surface area contributed by atoms with Crippen molar-refractivity contribution in [3.05, 3.63) is 23.5 Å². The van der Waals surface area contributed by atoms with Crippen LogP contribution < -0.4 is 5.73 Å². The third kappa shape index (κ3) is 3.06. The number of aryl methyl sites for hydroxylation is 1. The maximum atomic E-state index is 9.77. The van der Waals surface area contributed by atoms with Crippen molar-refractivity contribution in [3.8, 4) is 0 Å². The first-order valence-corrected chi connectivity index (χ1v) is 5.25. The largest absolute Gasteiger partial charge is 0.397 e. The van der Waals surface area contributed by atoms with Crippen molar-refractivity contribution in [1.82, 2.24) is 4.98 Å². The van der Waals surface area contributed by atoms with Crippen LogP contribution >= 0.6 is 11.6 Å². The van der Waals surface area contributed by atoms with Crippen molar-refractivity contribution >= 4 is 17.3 Å². The maximum Gasteiger partial charge on any atom is 0.124 e. The number of aliphatic hydroxyl groups excluding tert-OH is 2. The molecule has 0 spiro atoms. The van der Waals surface area contributed by atoms with Crippen molar-refractivity contribution < 1.29 is 10.2 Å². The van der Waals surface area contributed by atoms with Crippen LogP contribution in [0.5, 0.6) is 0 Å². The predicted octanol–water partition coefficient (Wildman–Crippen LogP) is 0.995. The quantitative estimate of drug-likeness (QED) is 0.674. The first-order valence-electron chi connectivity index (χ1n) is 4.71. The van der Waals surface area contributed by atoms with Gasteiger partial charge in [0.1, 0.15) is 6.10 Å². The molecule has 0 aliphatic rings. The SMILES string of the molecule is Cc1ccc(N)c(C(O)C(O)CCCl)n1. The van der Waals surface area contributed by atoms with Crippen molar-refractivity contribution in [2.45, 2.75) is 25.6 Å². The van der Waals surface area contributed by atoms with E-state index in [2.05, 4.69) is 4.98 Å². The Labute approximate surface area is 93.7 Å². The molecule has 1 aromatic heterocycles. The standard InChI is InChI=1S/C10H15ClN2O2/c1-6-2-3-7(12)9(13-6)10(15)8(14)4-5-11/h2-3,8,10,14-15H,4-5,12H2,1H3. The summed E-state index contributed by atoms with van der Waals surface area (Å²) in [7, 11) is 0. The molecule has 1 aromatic rings. The van der Waals surface area contributed by atoms with Crippen LogP contribution in [0.2, 0.25) is 0 Å². The lowest BCUT2D eigenvalue weighted by molar-refractivity contribution is 0.0148. The van der Waals surface area contributed by atoms with Crippen LogP contribution in [0.1, 0.15) is 23.9 Å². The second kappa shape index (κ2) is 5.30. The highest BCUT2D eigenvalue weighted by molar-refractivity contribution is 6.17. The summed E-state index contributed by atoms with van der Waals surface area (Å²) in [5, 5.41) is 19.3. The van der Waals surface area contributed by atoms with E-state index in [-0.39, 0.29) is 5.88 Å². The Morgan fingerprint density at radius 2 is 2.13 bits per heavy atom. The van der Waals surface area contributed by atoms with E-state index >= 15 is 0 Å². The molecule has 0 bridgehead atoms. The van der Waals surface area contributed by atoms with Gasteiger partial charge in [-0.1, -0.05) is 0 Å². The number of anilines is 1. The van der Waals surface area contributed by atoms with E-state index in [0.29, 0.717) is 17.8 Å². The molecule has 0 saturated carbocycles. The lowest BCUT2D eigenvalue weighted by Gasteiger charge is -2.18. The van der Waals surface area contributed by atoms with Crippen LogP contribution in [0.25, 0.3) is 0 Å². The van der Waals surface area contributed by atoms with E-state index in [1.54, 1.807) is 19.1 Å². The van der Waals surface area contributed by atoms with Crippen molar-refractivity contribution in [2.24, 2.45) is 0 Å². The van der Waals surface area contributed by atoms with Gasteiger partial charge in [-0.15, -0.1) is 11.6 Å². The van der Waals surface area contributed by atoms with Gasteiger partial charge in [0.2, 0.25) is 0 Å². The fraction of sp³-hybridized carbons (Fsp3) is 0.500. The minimum atomic E-state index is -1.08. The van der Waals surface area contributed by atoms with E-state index in [1.807, 2.05) is 0 Å². The van der Waals surface area contributed by atoms with Crippen LogP contribution in [0.3, 0.4) is 0 Å². The second-order valence-corrected chi connectivity index (χ2v) is 3.79. The Bertz CT molecular complexity index is 333. The van der Waals surface area contributed by atoms with E-state index in [4.69, 9.17) is 17.3 Å². The average molecular weight is 231 g/mol. The van der Waals surface area contributed by atoms with Crippen LogP contribution in [-0.4, -0.2) is 27.2 Å². The third-order valence-corrected chi connectivity index (χ3v) is 2.36. The molecule has 0 aliphatic heterocycles. The number of hydrogen-bond acceptors (Lipinski definition) is 4. The zero-order chi connectivity index (χ0) is 11.4. The normalized spacial score (nSPS) is 14.9. The lowest BCUT2D eigenvalue weighted by Crippen LogP contribution is -2.21. The van der Waals surface area contributed by atoms with Crippen LogP contribution in [0.15, 0.2) is 12.1 Å². The van der Waals surface area contributed by atoms with Gasteiger partial charge in [0.25, 0.3) is 0 Å². The highest BCUT2D eigenvalue weighted by Gasteiger charge is 2.21. The molecule has 4 N–H and O–H groups in total. The van der Waals surface area contributed by atoms with E-state index in [9.17, 15) is 10.2 Å². The van der Waals surface area contributed by atoms with Gasteiger partial charge in [-0.3, -0.25) is 4.98 Å². The summed E-state index contributed by atoms with van der Waals surface area (Å²) in [6, 6.07) is 3.41. The molecule has 0 amide bonds. The molecule has 84 valence electrons. The number of aliphatic hydroxyl groups is 2. The molecule has 15 heavy (non-hydrogen) atoms. The predicted molar refractivity (Wildman–Crippen MR) is 59.7 cm³/mol. The van der Waals surface area contributed by atoms with Crippen molar-refractivity contribution in [3.63, 3.8) is 0 Å². The fourth-order valence-corrected chi connectivity index (χ4v) is 1.50. The summed E-state index contributed by atoms with van der Waals surface area (Å²) in [5.41, 5.74) is 7.09. The molecule has 5 heteroatoms. The number of nitrogens with zero attached hydrogens (tertiary/aromatic N) is 1. The van der Waals surface area contributed by atoms with E-state index in [1.165, 1.54) is 0 Å². The van der Waals surface area contributed by atoms with Gasteiger partial charge in [0.15, 0.2) is 0 Å². The molecule has 4 nitrogen and oxygen atoms in total. The zero-order valence-corrected chi connectivity index (χ0v) is 9.28. The minimum Gasteiger partial charge on any atom is -0.397 e. The molecule has 1 heterocycles. The van der Waals surface area contributed by atoms with Gasteiger partial charge in [-0.2, -0.15) is 0 Å². The molecular weight excluding hydrogens is 216 g/mol. The number of hydrogen-bond donors (Lipinski definition) is 3. The molecule has 0 aromatic carbocycles. The van der Waals surface area contributed by atoms with Gasteiger partial charge >= 0.3 is 0 Å². The summed E-state index contributed by atoms with van der Waals surface area (Å²) < 4.78 is 0. The summed E-state index contributed by atoms with van der Waals surface area (Å²) >= 11 is 5.48. The number of nitrogens with two attached hydrogens (primary N) is 1. The van der Waals surface area contributed by atoms with Crippen molar-refractivity contribution in [1.29, 1.82) is 0 Å². The number of nitrogen functional groups attached to an aromatic ring is 1. The van der Waals surface area contributed by atoms with Crippen molar-refractivity contribution in [2.75, 3.05) is 11.6 Å².